The molecule has 0 radical (unpaired) electrons. The number of nitrogens with zero attached hydrogens (tertiary/aromatic N) is 1. The normalized spacial score (nSPS) is 11.9. The van der Waals surface area contributed by atoms with Gasteiger partial charge in [-0.2, -0.15) is 0 Å². The number of carbonyl (C=O) groups is 1. The number of nitrogens with one attached hydrogen (secondary N) is 2. The smallest absolute Gasteiger partial charge is 0.270 e. The molecule has 28 heavy (non-hydrogen) atoms. The molecule has 4 rings (SSSR count). The Morgan fingerprint density at radius 3 is 2.79 bits per heavy atom. The minimum atomic E-state index is -0.251. The van der Waals surface area contributed by atoms with Crippen LogP contribution in [0.5, 0.6) is 11.5 Å². The molecule has 6 nitrogen and oxygen atoms in total. The third-order valence-corrected chi connectivity index (χ3v) is 4.69. The van der Waals surface area contributed by atoms with Gasteiger partial charge >= 0.3 is 0 Å². The lowest BCUT2D eigenvalue weighted by Gasteiger charge is -2.10. The van der Waals surface area contributed by atoms with E-state index in [4.69, 9.17) is 21.1 Å². The van der Waals surface area contributed by atoms with Crippen LogP contribution >= 0.6 is 11.6 Å². The molecule has 142 valence electrons. The van der Waals surface area contributed by atoms with Gasteiger partial charge in [-0.25, -0.2) is 0 Å². The number of anilines is 1. The first kappa shape index (κ1) is 18.1. The van der Waals surface area contributed by atoms with Crippen LogP contribution in [0.2, 0.25) is 5.02 Å². The van der Waals surface area contributed by atoms with E-state index in [9.17, 15) is 4.79 Å². The molecule has 1 aromatic heterocycles. The minimum absolute atomic E-state index is 0.225. The van der Waals surface area contributed by atoms with Crippen LogP contribution in [0.3, 0.4) is 0 Å². The number of aromatic nitrogens is 1. The van der Waals surface area contributed by atoms with E-state index in [2.05, 4.69) is 15.6 Å². The first-order valence-corrected chi connectivity index (χ1v) is 9.17. The van der Waals surface area contributed by atoms with Crippen molar-refractivity contribution in [1.82, 2.24) is 10.3 Å². The fraction of sp³-hybridized carbons (Fsp3) is 0.143. The molecule has 0 saturated heterocycles. The predicted octanol–water partition coefficient (Wildman–Crippen LogP) is 4.01. The zero-order chi connectivity index (χ0) is 19.3. The molecule has 0 spiro atoms. The van der Waals surface area contributed by atoms with Crippen molar-refractivity contribution in [3.8, 4) is 11.5 Å². The second kappa shape index (κ2) is 8.19. The van der Waals surface area contributed by atoms with Crippen LogP contribution in [0.4, 0.5) is 5.69 Å². The summed E-state index contributed by atoms with van der Waals surface area (Å²) >= 11 is 6.17. The summed E-state index contributed by atoms with van der Waals surface area (Å²) in [5.74, 6) is 1.16. The van der Waals surface area contributed by atoms with Crippen LogP contribution in [-0.4, -0.2) is 17.7 Å². The molecule has 2 aromatic carbocycles. The zero-order valence-electron chi connectivity index (χ0n) is 14.9. The summed E-state index contributed by atoms with van der Waals surface area (Å²) in [6.45, 7) is 1.15. The lowest BCUT2D eigenvalue weighted by molar-refractivity contribution is 0.0946. The molecule has 1 aliphatic rings. The largest absolute Gasteiger partial charge is 0.454 e. The monoisotopic (exact) mass is 395 g/mol. The van der Waals surface area contributed by atoms with Crippen LogP contribution in [0.15, 0.2) is 60.8 Å². The molecule has 7 heteroatoms. The lowest BCUT2D eigenvalue weighted by atomic mass is 10.2. The highest BCUT2D eigenvalue weighted by Crippen LogP contribution is 2.32. The van der Waals surface area contributed by atoms with Crippen molar-refractivity contribution in [2.24, 2.45) is 0 Å². The topological polar surface area (TPSA) is 72.5 Å². The van der Waals surface area contributed by atoms with Crippen molar-refractivity contribution >= 4 is 23.2 Å². The van der Waals surface area contributed by atoms with E-state index in [0.29, 0.717) is 35.3 Å². The molecule has 1 amide bonds. The van der Waals surface area contributed by atoms with Crippen LogP contribution in [0.1, 0.15) is 21.6 Å². The van der Waals surface area contributed by atoms with Gasteiger partial charge in [-0.1, -0.05) is 35.9 Å². The zero-order valence-corrected chi connectivity index (χ0v) is 15.7. The highest BCUT2D eigenvalue weighted by atomic mass is 35.5. The van der Waals surface area contributed by atoms with Crippen LogP contribution < -0.4 is 20.1 Å². The number of ether oxygens (including phenoxy) is 2. The maximum atomic E-state index is 12.5. The highest BCUT2D eigenvalue weighted by molar-refractivity contribution is 6.31. The Bertz CT molecular complexity index is 1010. The number of benzene rings is 2. The van der Waals surface area contributed by atoms with Gasteiger partial charge in [0, 0.05) is 30.0 Å². The van der Waals surface area contributed by atoms with Gasteiger partial charge in [0.25, 0.3) is 5.91 Å². The number of hydrogen-bond acceptors (Lipinski definition) is 5. The summed E-state index contributed by atoms with van der Waals surface area (Å²) in [6.07, 6.45) is 1.60. The van der Waals surface area contributed by atoms with E-state index in [1.165, 1.54) is 0 Å². The van der Waals surface area contributed by atoms with Crippen molar-refractivity contribution in [3.05, 3.63) is 82.6 Å². The molecule has 3 aromatic rings. The van der Waals surface area contributed by atoms with Gasteiger partial charge in [0.2, 0.25) is 6.79 Å². The van der Waals surface area contributed by atoms with Crippen molar-refractivity contribution in [1.29, 1.82) is 0 Å². The highest BCUT2D eigenvalue weighted by Gasteiger charge is 2.14. The Hall–Kier alpha value is -3.25. The minimum Gasteiger partial charge on any atom is -0.454 e. The number of hydrogen-bond donors (Lipinski definition) is 2. The lowest BCUT2D eigenvalue weighted by Crippen LogP contribution is -2.23. The molecule has 0 unspecified atom stereocenters. The fourth-order valence-corrected chi connectivity index (χ4v) is 3.03. The van der Waals surface area contributed by atoms with Gasteiger partial charge in [0.15, 0.2) is 11.5 Å². The van der Waals surface area contributed by atoms with Crippen LogP contribution in [0, 0.1) is 0 Å². The van der Waals surface area contributed by atoms with E-state index in [1.54, 1.807) is 12.3 Å². The Kier molecular flexibility index (Phi) is 5.30. The molecule has 2 N–H and O–H groups in total. The van der Waals surface area contributed by atoms with Crippen molar-refractivity contribution in [3.63, 3.8) is 0 Å². The van der Waals surface area contributed by atoms with Gasteiger partial charge in [0.1, 0.15) is 5.69 Å². The molecular weight excluding hydrogens is 378 g/mol. The second-order valence-electron chi connectivity index (χ2n) is 6.25. The number of pyridine rings is 1. The summed E-state index contributed by atoms with van der Waals surface area (Å²) in [5, 5.41) is 6.83. The SMILES string of the molecule is O=C(NCc1ccc2c(c1)OCO2)c1cc(NCc2ccccc2Cl)ccn1. The predicted molar refractivity (Wildman–Crippen MR) is 107 cm³/mol. The van der Waals surface area contributed by atoms with Crippen molar-refractivity contribution in [2.45, 2.75) is 13.1 Å². The molecule has 0 fully saturated rings. The average molecular weight is 396 g/mol. The Balaban J connectivity index is 1.37. The second-order valence-corrected chi connectivity index (χ2v) is 6.65. The standard InChI is InChI=1S/C21H18ClN3O3/c22-17-4-2-1-3-15(17)12-24-16-7-8-23-18(10-16)21(26)25-11-14-5-6-19-20(9-14)28-13-27-19/h1-10H,11-13H2,(H,23,24)(H,25,26). The summed E-state index contributed by atoms with van der Waals surface area (Å²) in [7, 11) is 0. The number of amides is 1. The molecule has 0 aliphatic carbocycles. The third-order valence-electron chi connectivity index (χ3n) is 4.32. The van der Waals surface area contributed by atoms with E-state index in [-0.39, 0.29) is 12.7 Å². The molecule has 0 atom stereocenters. The molecule has 0 bridgehead atoms. The number of halogens is 1. The van der Waals surface area contributed by atoms with E-state index in [1.807, 2.05) is 48.5 Å². The summed E-state index contributed by atoms with van der Waals surface area (Å²) in [5.41, 5.74) is 3.04. The Labute approximate surface area is 167 Å². The Morgan fingerprint density at radius 2 is 1.89 bits per heavy atom. The van der Waals surface area contributed by atoms with Crippen molar-refractivity contribution in [2.75, 3.05) is 12.1 Å². The van der Waals surface area contributed by atoms with E-state index >= 15 is 0 Å². The summed E-state index contributed by atoms with van der Waals surface area (Å²) in [4.78, 5) is 16.6. The summed E-state index contributed by atoms with van der Waals surface area (Å²) < 4.78 is 10.6. The molecule has 2 heterocycles. The van der Waals surface area contributed by atoms with E-state index < -0.39 is 0 Å². The maximum Gasteiger partial charge on any atom is 0.270 e. The van der Waals surface area contributed by atoms with Gasteiger partial charge in [-0.15, -0.1) is 0 Å². The van der Waals surface area contributed by atoms with Crippen LogP contribution in [-0.2, 0) is 13.1 Å². The average Bonchev–Trinajstić information content (AvgIpc) is 3.19. The molecule has 1 aliphatic heterocycles. The maximum absolute atomic E-state index is 12.5. The summed E-state index contributed by atoms with van der Waals surface area (Å²) in [6, 6.07) is 16.7. The van der Waals surface area contributed by atoms with Gasteiger partial charge in [0.05, 0.1) is 0 Å². The van der Waals surface area contributed by atoms with Crippen LogP contribution in [0.25, 0.3) is 0 Å². The first-order chi connectivity index (χ1) is 13.7. The number of carbonyl (C=O) groups excluding carboxylic acids is 1. The fourth-order valence-electron chi connectivity index (χ4n) is 2.83. The molecular formula is C21H18ClN3O3. The first-order valence-electron chi connectivity index (χ1n) is 8.79. The quantitative estimate of drug-likeness (QED) is 0.659. The van der Waals surface area contributed by atoms with Gasteiger partial charge < -0.3 is 20.1 Å². The van der Waals surface area contributed by atoms with Gasteiger partial charge in [-0.3, -0.25) is 9.78 Å². The third kappa shape index (κ3) is 4.18. The van der Waals surface area contributed by atoms with E-state index in [0.717, 1.165) is 16.8 Å². The van der Waals surface area contributed by atoms with Gasteiger partial charge in [-0.05, 0) is 41.5 Å². The Morgan fingerprint density at radius 1 is 1.04 bits per heavy atom. The van der Waals surface area contributed by atoms with Crippen molar-refractivity contribution < 1.29 is 14.3 Å². The number of fused-ring (bicyclic) bond motifs is 1. The number of rotatable bonds is 6. The molecule has 0 saturated carbocycles.